The standard InChI is InChI=1S/C16H22N6/c1-2-18-16-19-11-14(12-20-16)13-21-7-9-22(10-8-21)15-3-5-17-6-4-15/h3-6,11-12H,2,7-10,13H2,1H3,(H,18,19,20). The molecule has 3 heterocycles. The summed E-state index contributed by atoms with van der Waals surface area (Å²) in [6.07, 6.45) is 7.54. The fraction of sp³-hybridized carbons (Fsp3) is 0.438. The summed E-state index contributed by atoms with van der Waals surface area (Å²) in [4.78, 5) is 17.6. The second kappa shape index (κ2) is 7.17. The van der Waals surface area contributed by atoms with Crippen molar-refractivity contribution >= 4 is 11.6 Å². The van der Waals surface area contributed by atoms with E-state index in [0.29, 0.717) is 5.95 Å². The summed E-state index contributed by atoms with van der Waals surface area (Å²) in [6, 6.07) is 4.14. The maximum absolute atomic E-state index is 4.33. The lowest BCUT2D eigenvalue weighted by Gasteiger charge is -2.35. The molecule has 116 valence electrons. The zero-order chi connectivity index (χ0) is 15.2. The van der Waals surface area contributed by atoms with Gasteiger partial charge in [0, 0.05) is 75.3 Å². The molecule has 3 rings (SSSR count). The Morgan fingerprint density at radius 2 is 1.73 bits per heavy atom. The molecule has 0 aromatic carbocycles. The molecule has 1 fully saturated rings. The van der Waals surface area contributed by atoms with Gasteiger partial charge in [-0.15, -0.1) is 0 Å². The normalized spacial score (nSPS) is 15.8. The molecule has 0 aliphatic carbocycles. The summed E-state index contributed by atoms with van der Waals surface area (Å²) < 4.78 is 0. The van der Waals surface area contributed by atoms with Gasteiger partial charge in [0.15, 0.2) is 0 Å². The van der Waals surface area contributed by atoms with Crippen molar-refractivity contribution in [2.75, 3.05) is 42.9 Å². The van der Waals surface area contributed by atoms with Crippen molar-refractivity contribution < 1.29 is 0 Å². The van der Waals surface area contributed by atoms with E-state index in [1.54, 1.807) is 0 Å². The van der Waals surface area contributed by atoms with Crippen LogP contribution in [0.25, 0.3) is 0 Å². The summed E-state index contributed by atoms with van der Waals surface area (Å²) in [6.45, 7) is 7.99. The number of aromatic nitrogens is 3. The van der Waals surface area contributed by atoms with Gasteiger partial charge < -0.3 is 10.2 Å². The fourth-order valence-electron chi connectivity index (χ4n) is 2.66. The molecule has 2 aromatic heterocycles. The topological polar surface area (TPSA) is 57.2 Å². The Morgan fingerprint density at radius 3 is 2.36 bits per heavy atom. The first kappa shape index (κ1) is 14.7. The highest BCUT2D eigenvalue weighted by atomic mass is 15.3. The minimum Gasteiger partial charge on any atom is -0.369 e. The molecule has 6 nitrogen and oxygen atoms in total. The lowest BCUT2D eigenvalue weighted by Crippen LogP contribution is -2.46. The van der Waals surface area contributed by atoms with Crippen LogP contribution in [-0.4, -0.2) is 52.6 Å². The number of nitrogens with one attached hydrogen (secondary N) is 1. The van der Waals surface area contributed by atoms with E-state index < -0.39 is 0 Å². The summed E-state index contributed by atoms with van der Waals surface area (Å²) in [5, 5.41) is 3.11. The molecule has 1 saturated heterocycles. The van der Waals surface area contributed by atoms with E-state index in [2.05, 4.69) is 42.2 Å². The maximum Gasteiger partial charge on any atom is 0.222 e. The summed E-state index contributed by atoms with van der Waals surface area (Å²) in [5.41, 5.74) is 2.42. The number of nitrogens with zero attached hydrogens (tertiary/aromatic N) is 5. The average Bonchev–Trinajstić information content (AvgIpc) is 2.58. The second-order valence-corrected chi connectivity index (χ2v) is 5.41. The SMILES string of the molecule is CCNc1ncc(CN2CCN(c3ccncc3)CC2)cn1. The van der Waals surface area contributed by atoms with E-state index in [-0.39, 0.29) is 0 Å². The van der Waals surface area contributed by atoms with Crippen molar-refractivity contribution in [2.45, 2.75) is 13.5 Å². The number of piperazine rings is 1. The molecule has 1 aliphatic rings. The van der Waals surface area contributed by atoms with Crippen LogP contribution in [0.2, 0.25) is 0 Å². The lowest BCUT2D eigenvalue weighted by molar-refractivity contribution is 0.249. The summed E-state index contributed by atoms with van der Waals surface area (Å²) in [7, 11) is 0. The Bertz CT molecular complexity index is 563. The molecule has 0 radical (unpaired) electrons. The van der Waals surface area contributed by atoms with Gasteiger partial charge in [-0.25, -0.2) is 9.97 Å². The minimum atomic E-state index is 0.703. The molecular weight excluding hydrogens is 276 g/mol. The molecule has 0 atom stereocenters. The van der Waals surface area contributed by atoms with Gasteiger partial charge in [-0.2, -0.15) is 0 Å². The van der Waals surface area contributed by atoms with Gasteiger partial charge in [0.25, 0.3) is 0 Å². The van der Waals surface area contributed by atoms with Gasteiger partial charge in [-0.3, -0.25) is 9.88 Å². The maximum atomic E-state index is 4.33. The summed E-state index contributed by atoms with van der Waals surface area (Å²) in [5.74, 6) is 0.703. The number of pyridine rings is 1. The van der Waals surface area contributed by atoms with Crippen molar-refractivity contribution in [3.8, 4) is 0 Å². The third-order valence-electron chi connectivity index (χ3n) is 3.85. The molecule has 2 aromatic rings. The first-order valence-corrected chi connectivity index (χ1v) is 7.77. The van der Waals surface area contributed by atoms with Crippen LogP contribution >= 0.6 is 0 Å². The monoisotopic (exact) mass is 298 g/mol. The van der Waals surface area contributed by atoms with Crippen molar-refractivity contribution in [1.82, 2.24) is 19.9 Å². The van der Waals surface area contributed by atoms with E-state index in [9.17, 15) is 0 Å². The van der Waals surface area contributed by atoms with Crippen LogP contribution < -0.4 is 10.2 Å². The molecule has 1 aliphatic heterocycles. The summed E-state index contributed by atoms with van der Waals surface area (Å²) >= 11 is 0. The Balaban J connectivity index is 1.51. The third-order valence-corrected chi connectivity index (χ3v) is 3.85. The van der Waals surface area contributed by atoms with Crippen LogP contribution in [0.15, 0.2) is 36.9 Å². The molecule has 6 heteroatoms. The number of rotatable bonds is 5. The molecule has 0 unspecified atom stereocenters. The van der Waals surface area contributed by atoms with Gasteiger partial charge in [0.05, 0.1) is 0 Å². The zero-order valence-electron chi connectivity index (χ0n) is 12.9. The molecule has 0 spiro atoms. The highest BCUT2D eigenvalue weighted by Crippen LogP contribution is 2.15. The van der Waals surface area contributed by atoms with Gasteiger partial charge in [-0.05, 0) is 19.1 Å². The third kappa shape index (κ3) is 3.71. The van der Waals surface area contributed by atoms with E-state index >= 15 is 0 Å². The van der Waals surface area contributed by atoms with E-state index in [0.717, 1.165) is 39.3 Å². The van der Waals surface area contributed by atoms with Crippen molar-refractivity contribution in [1.29, 1.82) is 0 Å². The van der Waals surface area contributed by atoms with Crippen LogP contribution in [0.3, 0.4) is 0 Å². The van der Waals surface area contributed by atoms with Crippen LogP contribution in [0.1, 0.15) is 12.5 Å². The molecule has 22 heavy (non-hydrogen) atoms. The van der Waals surface area contributed by atoms with Gasteiger partial charge in [-0.1, -0.05) is 0 Å². The first-order valence-electron chi connectivity index (χ1n) is 7.77. The van der Waals surface area contributed by atoms with Crippen molar-refractivity contribution in [3.05, 3.63) is 42.5 Å². The van der Waals surface area contributed by atoms with Gasteiger partial charge in [0.1, 0.15) is 0 Å². The Labute approximate surface area is 131 Å². The van der Waals surface area contributed by atoms with Crippen LogP contribution in [0.4, 0.5) is 11.6 Å². The van der Waals surface area contributed by atoms with E-state index in [1.807, 2.05) is 31.7 Å². The smallest absolute Gasteiger partial charge is 0.222 e. The highest BCUT2D eigenvalue weighted by Gasteiger charge is 2.17. The Morgan fingerprint density at radius 1 is 1.05 bits per heavy atom. The van der Waals surface area contributed by atoms with Crippen LogP contribution in [-0.2, 0) is 6.54 Å². The predicted molar refractivity (Wildman–Crippen MR) is 87.9 cm³/mol. The molecule has 0 bridgehead atoms. The predicted octanol–water partition coefficient (Wildman–Crippen LogP) is 1.63. The fourth-order valence-corrected chi connectivity index (χ4v) is 2.66. The second-order valence-electron chi connectivity index (χ2n) is 5.41. The Kier molecular flexibility index (Phi) is 4.80. The van der Waals surface area contributed by atoms with E-state index in [4.69, 9.17) is 0 Å². The van der Waals surface area contributed by atoms with Gasteiger partial charge in [0.2, 0.25) is 5.95 Å². The molecule has 0 saturated carbocycles. The first-order chi connectivity index (χ1) is 10.8. The lowest BCUT2D eigenvalue weighted by atomic mass is 10.2. The largest absolute Gasteiger partial charge is 0.369 e. The number of anilines is 2. The molecular formula is C16H22N6. The number of hydrogen-bond donors (Lipinski definition) is 1. The van der Waals surface area contributed by atoms with Crippen LogP contribution in [0.5, 0.6) is 0 Å². The number of hydrogen-bond acceptors (Lipinski definition) is 6. The van der Waals surface area contributed by atoms with Crippen molar-refractivity contribution in [2.24, 2.45) is 0 Å². The van der Waals surface area contributed by atoms with Crippen LogP contribution in [0, 0.1) is 0 Å². The zero-order valence-corrected chi connectivity index (χ0v) is 12.9. The molecule has 0 amide bonds. The average molecular weight is 298 g/mol. The Hall–Kier alpha value is -2.21. The van der Waals surface area contributed by atoms with Crippen molar-refractivity contribution in [3.63, 3.8) is 0 Å². The highest BCUT2D eigenvalue weighted by molar-refractivity contribution is 5.44. The molecule has 1 N–H and O–H groups in total. The minimum absolute atomic E-state index is 0.703. The van der Waals surface area contributed by atoms with E-state index in [1.165, 1.54) is 11.3 Å². The quantitative estimate of drug-likeness (QED) is 0.905. The van der Waals surface area contributed by atoms with Gasteiger partial charge >= 0.3 is 0 Å².